The van der Waals surface area contributed by atoms with Gasteiger partial charge in [0.15, 0.2) is 5.78 Å². The van der Waals surface area contributed by atoms with Gasteiger partial charge in [-0.25, -0.2) is 0 Å². The third kappa shape index (κ3) is 3.50. The molecule has 30 heavy (non-hydrogen) atoms. The molecule has 5 heteroatoms. The van der Waals surface area contributed by atoms with Crippen LogP contribution in [0, 0.1) is 35.0 Å². The number of hydrogen-bond acceptors (Lipinski definition) is 4. The molecule has 2 heterocycles. The summed E-state index contributed by atoms with van der Waals surface area (Å²) in [6.45, 7) is 6.98. The number of hydrogen-bond donors (Lipinski definition) is 0. The highest BCUT2D eigenvalue weighted by Crippen LogP contribution is 2.65. The summed E-state index contributed by atoms with van der Waals surface area (Å²) in [5.74, 6) is 2.55. The van der Waals surface area contributed by atoms with E-state index in [1.165, 1.54) is 20.0 Å². The van der Waals surface area contributed by atoms with Gasteiger partial charge in [-0.1, -0.05) is 43.1 Å². The molecule has 0 N–H and O–H groups in total. The lowest BCUT2D eigenvalue weighted by atomic mass is 9.52. The van der Waals surface area contributed by atoms with Crippen LogP contribution in [-0.4, -0.2) is 35.4 Å². The lowest BCUT2D eigenvalue weighted by molar-refractivity contribution is -0.211. The zero-order valence-corrected chi connectivity index (χ0v) is 20.7. The molecule has 2 saturated heterocycles. The van der Waals surface area contributed by atoms with Gasteiger partial charge in [-0.3, -0.25) is 9.59 Å². The van der Waals surface area contributed by atoms with Gasteiger partial charge < -0.3 is 9.47 Å². The van der Waals surface area contributed by atoms with Crippen molar-refractivity contribution in [2.45, 2.75) is 102 Å². The molecule has 2 aliphatic heterocycles. The van der Waals surface area contributed by atoms with E-state index in [0.717, 1.165) is 44.9 Å². The minimum absolute atomic E-state index is 0.0682. The second-order valence-electron chi connectivity index (χ2n) is 11.0. The molecule has 0 aromatic rings. The van der Waals surface area contributed by atoms with Gasteiger partial charge in [-0.15, -0.1) is 0 Å². The SMILES string of the molecule is COC(=O)CC[C@@H](C)C1CCC2C3CCC(C)C[C@H]4CCC[C@@]3(O4)C(=O)C(Br)C21C. The second-order valence-corrected chi connectivity index (χ2v) is 11.9. The van der Waals surface area contributed by atoms with Crippen LogP contribution in [0.25, 0.3) is 0 Å². The van der Waals surface area contributed by atoms with Crippen molar-refractivity contribution in [3.63, 3.8) is 0 Å². The number of halogens is 1. The van der Waals surface area contributed by atoms with Crippen molar-refractivity contribution in [3.05, 3.63) is 0 Å². The number of Topliss-reactive ketones (excluding diaryl/α,β-unsaturated/α-hetero) is 1. The van der Waals surface area contributed by atoms with E-state index in [4.69, 9.17) is 9.47 Å². The molecule has 0 aromatic carbocycles. The molecule has 1 spiro atoms. The lowest BCUT2D eigenvalue weighted by Crippen LogP contribution is -2.67. The van der Waals surface area contributed by atoms with Gasteiger partial charge in [0.1, 0.15) is 5.60 Å². The predicted octanol–water partition coefficient (Wildman–Crippen LogP) is 5.70. The summed E-state index contributed by atoms with van der Waals surface area (Å²) in [7, 11) is 1.46. The molecule has 4 fully saturated rings. The number of methoxy groups -OCH3 is 1. The topological polar surface area (TPSA) is 52.6 Å². The van der Waals surface area contributed by atoms with E-state index in [1.54, 1.807) is 0 Å². The quantitative estimate of drug-likeness (QED) is 0.380. The van der Waals surface area contributed by atoms with Gasteiger partial charge >= 0.3 is 5.97 Å². The molecule has 2 aliphatic carbocycles. The van der Waals surface area contributed by atoms with Crippen molar-refractivity contribution in [2.24, 2.45) is 35.0 Å². The fraction of sp³-hybridized carbons (Fsp3) is 0.920. The average molecular weight is 483 g/mol. The molecule has 0 radical (unpaired) electrons. The number of rotatable bonds is 4. The first-order valence-corrected chi connectivity index (χ1v) is 13.1. The normalized spacial score (nSPS) is 46.9. The molecule has 2 saturated carbocycles. The summed E-state index contributed by atoms with van der Waals surface area (Å²) in [4.78, 5) is 25.6. The first kappa shape index (κ1) is 22.8. The van der Waals surface area contributed by atoms with E-state index in [1.807, 2.05) is 0 Å². The number of carbonyl (C=O) groups is 2. The highest BCUT2D eigenvalue weighted by atomic mass is 79.9. The van der Waals surface area contributed by atoms with E-state index in [-0.39, 0.29) is 22.3 Å². The Morgan fingerprint density at radius 3 is 2.70 bits per heavy atom. The summed E-state index contributed by atoms with van der Waals surface area (Å²) in [5.41, 5.74) is -0.632. The summed E-state index contributed by atoms with van der Waals surface area (Å²) in [6.07, 6.45) is 10.4. The van der Waals surface area contributed by atoms with Crippen LogP contribution in [0.3, 0.4) is 0 Å². The Morgan fingerprint density at radius 1 is 1.23 bits per heavy atom. The Labute approximate surface area is 190 Å². The Morgan fingerprint density at radius 2 is 1.97 bits per heavy atom. The number of fused-ring (bicyclic) bond motifs is 3. The van der Waals surface area contributed by atoms with Crippen LogP contribution >= 0.6 is 15.9 Å². The van der Waals surface area contributed by atoms with Gasteiger partial charge in [-0.2, -0.15) is 0 Å². The van der Waals surface area contributed by atoms with Crippen LogP contribution in [0.1, 0.15) is 85.0 Å². The largest absolute Gasteiger partial charge is 0.469 e. The van der Waals surface area contributed by atoms with E-state index < -0.39 is 5.60 Å². The van der Waals surface area contributed by atoms with Crippen LogP contribution in [0.4, 0.5) is 0 Å². The number of alkyl halides is 1. The Balaban J connectivity index is 1.64. The maximum Gasteiger partial charge on any atom is 0.305 e. The molecule has 6 unspecified atom stereocenters. The molecule has 4 rings (SSSR count). The maximum absolute atomic E-state index is 14.0. The van der Waals surface area contributed by atoms with Crippen LogP contribution in [0.2, 0.25) is 0 Å². The minimum Gasteiger partial charge on any atom is -0.469 e. The number of carbonyl (C=O) groups excluding carboxylic acids is 2. The Bertz CT molecular complexity index is 680. The smallest absolute Gasteiger partial charge is 0.305 e. The lowest BCUT2D eigenvalue weighted by Gasteiger charge is -2.59. The molecular formula is C25H39BrO4. The first-order valence-electron chi connectivity index (χ1n) is 12.2. The van der Waals surface area contributed by atoms with Crippen molar-refractivity contribution < 1.29 is 19.1 Å². The number of ether oxygens (including phenoxy) is 2. The van der Waals surface area contributed by atoms with E-state index in [0.29, 0.717) is 41.8 Å². The van der Waals surface area contributed by atoms with Crippen LogP contribution < -0.4 is 0 Å². The second kappa shape index (κ2) is 8.50. The van der Waals surface area contributed by atoms with Crippen molar-refractivity contribution in [3.8, 4) is 0 Å². The summed E-state index contributed by atoms with van der Waals surface area (Å²) >= 11 is 3.94. The molecule has 9 atom stereocenters. The summed E-state index contributed by atoms with van der Waals surface area (Å²) in [6, 6.07) is 0. The molecule has 4 nitrogen and oxygen atoms in total. The Hall–Kier alpha value is -0.420. The van der Waals surface area contributed by atoms with E-state index in [9.17, 15) is 9.59 Å². The molecule has 0 aromatic heterocycles. The zero-order valence-electron chi connectivity index (χ0n) is 19.1. The van der Waals surface area contributed by atoms with Crippen molar-refractivity contribution in [2.75, 3.05) is 7.11 Å². The number of esters is 1. The Kier molecular flexibility index (Phi) is 6.45. The predicted molar refractivity (Wildman–Crippen MR) is 120 cm³/mol. The van der Waals surface area contributed by atoms with Crippen molar-refractivity contribution in [1.29, 1.82) is 0 Å². The van der Waals surface area contributed by atoms with E-state index >= 15 is 0 Å². The average Bonchev–Trinajstić information content (AvgIpc) is 3.08. The van der Waals surface area contributed by atoms with Gasteiger partial charge in [0.2, 0.25) is 0 Å². The molecule has 170 valence electrons. The molecule has 4 aliphatic rings. The molecule has 2 bridgehead atoms. The van der Waals surface area contributed by atoms with Gasteiger partial charge in [0, 0.05) is 6.42 Å². The van der Waals surface area contributed by atoms with Crippen LogP contribution in [0.5, 0.6) is 0 Å². The van der Waals surface area contributed by atoms with E-state index in [2.05, 4.69) is 36.7 Å². The fourth-order valence-corrected chi connectivity index (χ4v) is 8.98. The summed E-state index contributed by atoms with van der Waals surface area (Å²) < 4.78 is 11.6. The maximum atomic E-state index is 14.0. The zero-order chi connectivity index (χ0) is 21.7. The van der Waals surface area contributed by atoms with Crippen molar-refractivity contribution >= 4 is 27.7 Å². The standard InChI is InChI=1S/C25H39BrO4/c1-15-7-9-20-19-11-10-18(16(2)8-12-21(27)29-4)24(19,3)22(26)23(28)25(20)13-5-6-17(14-15)30-25/h15-20,22H,5-14H2,1-4H3/t15?,16-,17-,18?,19?,20?,22?,24?,25+/m1/s1. The third-order valence-corrected chi connectivity index (χ3v) is 10.9. The fourth-order valence-electron chi connectivity index (χ4n) is 7.91. The minimum atomic E-state index is -0.564. The summed E-state index contributed by atoms with van der Waals surface area (Å²) in [5, 5.41) is 0. The van der Waals surface area contributed by atoms with Gasteiger partial charge in [0.05, 0.1) is 18.0 Å². The third-order valence-electron chi connectivity index (χ3n) is 9.47. The van der Waals surface area contributed by atoms with Crippen LogP contribution in [-0.2, 0) is 19.1 Å². The molecular weight excluding hydrogens is 444 g/mol. The van der Waals surface area contributed by atoms with Gasteiger partial charge in [-0.05, 0) is 86.4 Å². The van der Waals surface area contributed by atoms with Crippen LogP contribution in [0.15, 0.2) is 0 Å². The monoisotopic (exact) mass is 482 g/mol. The highest BCUT2D eigenvalue weighted by molar-refractivity contribution is 9.10. The molecule has 0 amide bonds. The van der Waals surface area contributed by atoms with Gasteiger partial charge in [0.25, 0.3) is 0 Å². The van der Waals surface area contributed by atoms with Crippen molar-refractivity contribution in [1.82, 2.24) is 0 Å². The highest BCUT2D eigenvalue weighted by Gasteiger charge is 2.68. The first-order chi connectivity index (χ1) is 14.2. The number of ketones is 1.